The summed E-state index contributed by atoms with van der Waals surface area (Å²) in [6.07, 6.45) is 4.26. The van der Waals surface area contributed by atoms with E-state index in [-0.39, 0.29) is 11.2 Å². The van der Waals surface area contributed by atoms with Crippen LogP contribution in [0.3, 0.4) is 0 Å². The van der Waals surface area contributed by atoms with E-state index in [4.69, 9.17) is 0 Å². The van der Waals surface area contributed by atoms with Crippen LogP contribution in [0, 0.1) is 5.92 Å². The van der Waals surface area contributed by atoms with Crippen LogP contribution in [-0.4, -0.2) is 37.6 Å². The van der Waals surface area contributed by atoms with E-state index in [1.54, 1.807) is 18.8 Å². The highest BCUT2D eigenvalue weighted by Gasteiger charge is 2.27. The highest BCUT2D eigenvalue weighted by molar-refractivity contribution is 7.99. The zero-order valence-corrected chi connectivity index (χ0v) is 11.1. The maximum absolute atomic E-state index is 11.5. The van der Waals surface area contributed by atoms with Crippen molar-refractivity contribution in [1.29, 1.82) is 0 Å². The van der Waals surface area contributed by atoms with E-state index in [1.165, 1.54) is 0 Å². The molecule has 1 aliphatic heterocycles. The second-order valence-electron chi connectivity index (χ2n) is 3.36. The Kier molecular flexibility index (Phi) is 8.91. The summed E-state index contributed by atoms with van der Waals surface area (Å²) in [5.74, 6) is 0.732. The van der Waals surface area contributed by atoms with Crippen molar-refractivity contribution in [2.24, 2.45) is 5.92 Å². The Hall–Kier alpha value is -0.220. The summed E-state index contributed by atoms with van der Waals surface area (Å²) >= 11 is 1.67. The third-order valence-corrected chi connectivity index (χ3v) is 3.68. The molecule has 1 aliphatic rings. The first-order valence-electron chi connectivity index (χ1n) is 5.74. The van der Waals surface area contributed by atoms with Crippen LogP contribution in [0.25, 0.3) is 0 Å². The number of rotatable bonds is 3. The molecule has 1 atom stereocenters. The first-order valence-corrected chi connectivity index (χ1v) is 7.03. The first kappa shape index (κ1) is 14.8. The van der Waals surface area contributed by atoms with Gasteiger partial charge in [-0.2, -0.15) is 11.8 Å². The molecule has 15 heavy (non-hydrogen) atoms. The fourth-order valence-corrected chi connectivity index (χ4v) is 2.79. The lowest BCUT2D eigenvalue weighted by Gasteiger charge is -2.28. The Morgan fingerprint density at radius 3 is 2.33 bits per heavy atom. The molecule has 0 aromatic heterocycles. The van der Waals surface area contributed by atoms with Gasteiger partial charge in [-0.15, -0.1) is 0 Å². The van der Waals surface area contributed by atoms with Crippen LogP contribution < -0.4 is 10.6 Å². The minimum absolute atomic E-state index is 0.145. The molecule has 0 saturated carbocycles. The van der Waals surface area contributed by atoms with Crippen molar-refractivity contribution in [3.8, 4) is 0 Å². The van der Waals surface area contributed by atoms with E-state index in [1.807, 2.05) is 20.1 Å². The maximum atomic E-state index is 11.5. The number of carbonyl (C=O) groups excluding carboxylic acids is 1. The largest absolute Gasteiger partial charge is 0.358 e. The standard InChI is InChI=1S/C9H18N2OS.C2H6/c1-10-9(12)8(13-2)7-3-5-11-6-4-7;1-2/h7-8,11H,3-6H2,1-2H3,(H,10,12);1-2H3. The minimum atomic E-state index is 0.145. The van der Waals surface area contributed by atoms with Crippen molar-refractivity contribution in [1.82, 2.24) is 10.6 Å². The van der Waals surface area contributed by atoms with Crippen molar-refractivity contribution in [3.05, 3.63) is 0 Å². The SMILES string of the molecule is CC.CNC(=O)C(SC)C1CCNCC1. The van der Waals surface area contributed by atoms with Crippen molar-refractivity contribution in [2.45, 2.75) is 31.9 Å². The summed E-state index contributed by atoms with van der Waals surface area (Å²) in [7, 11) is 1.71. The first-order chi connectivity index (χ1) is 7.29. The summed E-state index contributed by atoms with van der Waals surface area (Å²) in [5, 5.41) is 6.19. The Bertz CT molecular complexity index is 170. The van der Waals surface area contributed by atoms with Crippen molar-refractivity contribution in [2.75, 3.05) is 26.4 Å². The third-order valence-electron chi connectivity index (χ3n) is 2.57. The Labute approximate surface area is 97.8 Å². The van der Waals surface area contributed by atoms with Crippen LogP contribution in [0.15, 0.2) is 0 Å². The molecule has 0 aromatic rings. The van der Waals surface area contributed by atoms with Gasteiger partial charge in [-0.25, -0.2) is 0 Å². The summed E-state index contributed by atoms with van der Waals surface area (Å²) in [6, 6.07) is 0. The third kappa shape index (κ3) is 4.89. The van der Waals surface area contributed by atoms with Crippen LogP contribution in [0.2, 0.25) is 0 Å². The van der Waals surface area contributed by atoms with Gasteiger partial charge in [0.2, 0.25) is 5.91 Å². The molecule has 0 bridgehead atoms. The van der Waals surface area contributed by atoms with Gasteiger partial charge in [-0.1, -0.05) is 13.8 Å². The summed E-state index contributed by atoms with van der Waals surface area (Å²) in [4.78, 5) is 11.5. The smallest absolute Gasteiger partial charge is 0.233 e. The fourth-order valence-electron chi connectivity index (χ4n) is 1.80. The fraction of sp³-hybridized carbons (Fsp3) is 0.909. The number of hydrogen-bond donors (Lipinski definition) is 2. The van der Waals surface area contributed by atoms with Gasteiger partial charge in [0.1, 0.15) is 0 Å². The number of amides is 1. The molecule has 4 heteroatoms. The van der Waals surface area contributed by atoms with E-state index in [9.17, 15) is 4.79 Å². The van der Waals surface area contributed by atoms with E-state index in [0.29, 0.717) is 5.92 Å². The Balaban J connectivity index is 0.000000921. The molecule has 0 radical (unpaired) electrons. The predicted octanol–water partition coefficient (Wildman–Crippen LogP) is 1.49. The van der Waals surface area contributed by atoms with E-state index in [2.05, 4.69) is 10.6 Å². The number of nitrogens with one attached hydrogen (secondary N) is 2. The minimum Gasteiger partial charge on any atom is -0.358 e. The van der Waals surface area contributed by atoms with Gasteiger partial charge >= 0.3 is 0 Å². The van der Waals surface area contributed by atoms with Gasteiger partial charge in [0, 0.05) is 7.05 Å². The molecule has 1 saturated heterocycles. The number of carbonyl (C=O) groups is 1. The van der Waals surface area contributed by atoms with Crippen LogP contribution in [-0.2, 0) is 4.79 Å². The molecule has 1 heterocycles. The van der Waals surface area contributed by atoms with Gasteiger partial charge in [0.25, 0.3) is 0 Å². The lowest BCUT2D eigenvalue weighted by atomic mass is 9.94. The number of hydrogen-bond acceptors (Lipinski definition) is 3. The topological polar surface area (TPSA) is 41.1 Å². The molecule has 1 fully saturated rings. The number of thioether (sulfide) groups is 1. The molecular weight excluding hydrogens is 208 g/mol. The molecule has 3 nitrogen and oxygen atoms in total. The molecule has 1 amide bonds. The quantitative estimate of drug-likeness (QED) is 0.774. The highest BCUT2D eigenvalue weighted by Crippen LogP contribution is 2.25. The van der Waals surface area contributed by atoms with Gasteiger partial charge in [-0.3, -0.25) is 4.79 Å². The van der Waals surface area contributed by atoms with Gasteiger partial charge in [-0.05, 0) is 38.1 Å². The lowest BCUT2D eigenvalue weighted by molar-refractivity contribution is -0.121. The normalized spacial score (nSPS) is 18.7. The second-order valence-corrected chi connectivity index (χ2v) is 4.34. The monoisotopic (exact) mass is 232 g/mol. The molecule has 0 aliphatic carbocycles. The van der Waals surface area contributed by atoms with Gasteiger partial charge < -0.3 is 10.6 Å². The predicted molar refractivity (Wildman–Crippen MR) is 68.3 cm³/mol. The van der Waals surface area contributed by atoms with Crippen LogP contribution in [0.4, 0.5) is 0 Å². The zero-order chi connectivity index (χ0) is 11.7. The van der Waals surface area contributed by atoms with E-state index < -0.39 is 0 Å². The summed E-state index contributed by atoms with van der Waals surface area (Å²) < 4.78 is 0. The Morgan fingerprint density at radius 2 is 1.93 bits per heavy atom. The van der Waals surface area contributed by atoms with Crippen molar-refractivity contribution in [3.63, 3.8) is 0 Å². The lowest BCUT2D eigenvalue weighted by Crippen LogP contribution is -2.40. The summed E-state index contributed by atoms with van der Waals surface area (Å²) in [6.45, 7) is 6.11. The molecule has 1 unspecified atom stereocenters. The highest BCUT2D eigenvalue weighted by atomic mass is 32.2. The molecule has 90 valence electrons. The molecule has 2 N–H and O–H groups in total. The van der Waals surface area contributed by atoms with Crippen LogP contribution in [0.1, 0.15) is 26.7 Å². The zero-order valence-electron chi connectivity index (χ0n) is 10.3. The van der Waals surface area contributed by atoms with E-state index in [0.717, 1.165) is 25.9 Å². The van der Waals surface area contributed by atoms with Gasteiger partial charge in [0.15, 0.2) is 0 Å². The van der Waals surface area contributed by atoms with Crippen molar-refractivity contribution < 1.29 is 4.79 Å². The molecular formula is C11H24N2OS. The van der Waals surface area contributed by atoms with Crippen LogP contribution >= 0.6 is 11.8 Å². The molecule has 0 spiro atoms. The average molecular weight is 232 g/mol. The average Bonchev–Trinajstić information content (AvgIpc) is 2.33. The molecule has 1 rings (SSSR count). The Morgan fingerprint density at radius 1 is 1.40 bits per heavy atom. The number of piperidine rings is 1. The second kappa shape index (κ2) is 9.04. The van der Waals surface area contributed by atoms with Crippen molar-refractivity contribution >= 4 is 17.7 Å². The summed E-state index contributed by atoms with van der Waals surface area (Å²) in [5.41, 5.74) is 0. The molecule has 0 aromatic carbocycles. The van der Waals surface area contributed by atoms with E-state index >= 15 is 0 Å². The van der Waals surface area contributed by atoms with Gasteiger partial charge in [0.05, 0.1) is 5.25 Å². The van der Waals surface area contributed by atoms with Crippen LogP contribution in [0.5, 0.6) is 0 Å². The maximum Gasteiger partial charge on any atom is 0.233 e.